The van der Waals surface area contributed by atoms with E-state index in [2.05, 4.69) is 0 Å². The molecule has 1 aromatic heterocycles. The molecule has 0 saturated heterocycles. The Morgan fingerprint density at radius 2 is 1.33 bits per heavy atom. The Morgan fingerprint density at radius 3 is 1.67 bits per heavy atom. The summed E-state index contributed by atoms with van der Waals surface area (Å²) in [6.45, 7) is 0. The molecule has 61 valence electrons. The molecule has 0 fully saturated rings. The Bertz CT molecular complexity index is 408. The van der Waals surface area contributed by atoms with Crippen LogP contribution in [0.15, 0.2) is 14.4 Å². The summed E-state index contributed by atoms with van der Waals surface area (Å²) >= 11 is 10.1. The second kappa shape index (κ2) is 4.01. The molecule has 0 aromatic carbocycles. The molecule has 1 rings (SSSR count). The van der Waals surface area contributed by atoms with E-state index < -0.39 is 17.1 Å². The van der Waals surface area contributed by atoms with Crippen molar-refractivity contribution < 1.29 is 0 Å². The van der Waals surface area contributed by atoms with E-state index in [0.29, 0.717) is 0 Å². The van der Waals surface area contributed by atoms with Crippen LogP contribution in [0.5, 0.6) is 0 Å². The summed E-state index contributed by atoms with van der Waals surface area (Å²) in [4.78, 5) is 33.4. The molecular weight excluding hydrogens is 204 g/mol. The second-order valence-corrected chi connectivity index (χ2v) is 2.26. The van der Waals surface area contributed by atoms with Gasteiger partial charge in [0.15, 0.2) is 0 Å². The zero-order valence-electron chi connectivity index (χ0n) is 5.88. The van der Waals surface area contributed by atoms with E-state index in [1.54, 1.807) is 4.98 Å². The Labute approximate surface area is 87.1 Å². The SMILES string of the molecule is O=c1[nH]c(=O)n(Cl)c(=O)n1Cl.[Li]. The van der Waals surface area contributed by atoms with Crippen molar-refractivity contribution >= 4 is 42.4 Å². The minimum Gasteiger partial charge on any atom is -0.257 e. The molecule has 0 aliphatic heterocycles. The molecule has 6 nitrogen and oxygen atoms in total. The van der Waals surface area contributed by atoms with Gasteiger partial charge < -0.3 is 0 Å². The second-order valence-electron chi connectivity index (χ2n) is 1.58. The van der Waals surface area contributed by atoms with E-state index in [9.17, 15) is 14.4 Å². The van der Waals surface area contributed by atoms with Crippen LogP contribution in [0.2, 0.25) is 0 Å². The van der Waals surface area contributed by atoms with Crippen LogP contribution in [0.1, 0.15) is 0 Å². The first kappa shape index (κ1) is 11.6. The maximum absolute atomic E-state index is 10.7. The minimum atomic E-state index is -1.10. The average molecular weight is 205 g/mol. The summed E-state index contributed by atoms with van der Waals surface area (Å²) in [5.74, 6) is 0. The zero-order valence-corrected chi connectivity index (χ0v) is 7.39. The molecule has 0 spiro atoms. The third-order valence-corrected chi connectivity index (χ3v) is 1.50. The molecule has 0 amide bonds. The van der Waals surface area contributed by atoms with Gasteiger partial charge in [0.05, 0.1) is 0 Å². The number of hydrogen-bond acceptors (Lipinski definition) is 3. The van der Waals surface area contributed by atoms with E-state index in [1.165, 1.54) is 0 Å². The van der Waals surface area contributed by atoms with Gasteiger partial charge in [-0.2, -0.15) is 0 Å². The van der Waals surface area contributed by atoms with Crippen molar-refractivity contribution in [2.24, 2.45) is 0 Å². The fourth-order valence-corrected chi connectivity index (χ4v) is 0.715. The van der Waals surface area contributed by atoms with Crippen molar-refractivity contribution in [3.8, 4) is 0 Å². The summed E-state index contributed by atoms with van der Waals surface area (Å²) in [6, 6.07) is 0. The quantitative estimate of drug-likeness (QED) is 0.514. The monoisotopic (exact) mass is 204 g/mol. The number of H-pyrrole nitrogens is 1. The maximum Gasteiger partial charge on any atom is 0.366 e. The normalized spacial score (nSPS) is 9.17. The van der Waals surface area contributed by atoms with E-state index >= 15 is 0 Å². The van der Waals surface area contributed by atoms with Gasteiger partial charge in [0.1, 0.15) is 0 Å². The van der Waals surface area contributed by atoms with Gasteiger partial charge in [-0.1, -0.05) is 0 Å². The fourth-order valence-electron chi connectivity index (χ4n) is 0.440. The first-order chi connectivity index (χ1) is 5.04. The van der Waals surface area contributed by atoms with Crippen LogP contribution in [0.3, 0.4) is 0 Å². The van der Waals surface area contributed by atoms with Gasteiger partial charge in [0.25, 0.3) is 0 Å². The minimum absolute atomic E-state index is 0. The smallest absolute Gasteiger partial charge is 0.257 e. The molecular formula is C3HCl2LiN3O3. The zero-order chi connectivity index (χ0) is 8.59. The first-order valence-corrected chi connectivity index (χ1v) is 3.02. The average Bonchev–Trinajstić information content (AvgIpc) is 1.97. The van der Waals surface area contributed by atoms with Crippen molar-refractivity contribution in [2.45, 2.75) is 0 Å². The maximum atomic E-state index is 10.7. The van der Waals surface area contributed by atoms with Crippen LogP contribution in [0.25, 0.3) is 0 Å². The van der Waals surface area contributed by atoms with E-state index in [1.807, 2.05) is 0 Å². The summed E-state index contributed by atoms with van der Waals surface area (Å²) in [7, 11) is 0. The van der Waals surface area contributed by atoms with Crippen molar-refractivity contribution in [2.75, 3.05) is 0 Å². The number of halogens is 2. The standard InChI is InChI=1S/C3HCl2N3O3.Li/c4-7-1(9)6-2(10)8(5)3(7)11;/h(H,6,9,10);. The van der Waals surface area contributed by atoms with Crippen LogP contribution >= 0.6 is 23.6 Å². The Kier molecular flexibility index (Phi) is 3.87. The molecule has 0 bridgehead atoms. The number of nitrogens with one attached hydrogen (secondary N) is 1. The van der Waals surface area contributed by atoms with Crippen molar-refractivity contribution in [3.63, 3.8) is 0 Å². The van der Waals surface area contributed by atoms with Gasteiger partial charge in [-0.3, -0.25) is 4.98 Å². The summed E-state index contributed by atoms with van der Waals surface area (Å²) in [5, 5.41) is 0. The Morgan fingerprint density at radius 1 is 1.00 bits per heavy atom. The number of nitrogens with zero attached hydrogens (tertiary/aromatic N) is 2. The molecule has 1 heterocycles. The molecule has 0 unspecified atom stereocenters. The summed E-state index contributed by atoms with van der Waals surface area (Å²) < 4.78 is 0.322. The van der Waals surface area contributed by atoms with E-state index in [0.717, 1.165) is 0 Å². The third-order valence-electron chi connectivity index (χ3n) is 0.906. The van der Waals surface area contributed by atoms with Crippen LogP contribution in [-0.4, -0.2) is 32.0 Å². The van der Waals surface area contributed by atoms with Crippen LogP contribution in [0, 0.1) is 0 Å². The molecule has 1 radical (unpaired) electrons. The van der Waals surface area contributed by atoms with Crippen LogP contribution in [-0.2, 0) is 0 Å². The molecule has 9 heteroatoms. The van der Waals surface area contributed by atoms with Gasteiger partial charge >= 0.3 is 17.1 Å². The van der Waals surface area contributed by atoms with Crippen molar-refractivity contribution in [1.29, 1.82) is 0 Å². The molecule has 1 aromatic rings. The number of aromatic nitrogens is 3. The van der Waals surface area contributed by atoms with Crippen LogP contribution < -0.4 is 17.1 Å². The predicted molar refractivity (Wildman–Crippen MR) is 43.8 cm³/mol. The molecule has 0 aliphatic carbocycles. The Balaban J connectivity index is 0.00000121. The van der Waals surface area contributed by atoms with E-state index in [-0.39, 0.29) is 27.0 Å². The van der Waals surface area contributed by atoms with Crippen molar-refractivity contribution in [3.05, 3.63) is 31.5 Å². The Hall–Kier alpha value is -0.413. The molecule has 0 aliphatic rings. The number of rotatable bonds is 0. The van der Waals surface area contributed by atoms with Gasteiger partial charge in [-0.15, -0.1) is 8.17 Å². The summed E-state index contributed by atoms with van der Waals surface area (Å²) in [5.41, 5.74) is -3.13. The molecule has 0 saturated carbocycles. The van der Waals surface area contributed by atoms with Crippen molar-refractivity contribution in [1.82, 2.24) is 13.2 Å². The van der Waals surface area contributed by atoms with Gasteiger partial charge in [-0.05, 0) is 0 Å². The van der Waals surface area contributed by atoms with E-state index in [4.69, 9.17) is 23.6 Å². The molecule has 12 heavy (non-hydrogen) atoms. The molecule has 0 atom stereocenters. The topological polar surface area (TPSA) is 76.9 Å². The molecule has 1 N–H and O–H groups in total. The fraction of sp³-hybridized carbons (Fsp3) is 0. The summed E-state index contributed by atoms with van der Waals surface area (Å²) in [6.07, 6.45) is 0. The first-order valence-electron chi connectivity index (χ1n) is 2.34. The largest absolute Gasteiger partial charge is 0.366 e. The van der Waals surface area contributed by atoms with Gasteiger partial charge in [0, 0.05) is 42.4 Å². The number of aromatic amines is 1. The van der Waals surface area contributed by atoms with Crippen LogP contribution in [0.4, 0.5) is 0 Å². The number of hydrogen-bond donors (Lipinski definition) is 1. The van der Waals surface area contributed by atoms with Gasteiger partial charge in [0.2, 0.25) is 0 Å². The predicted octanol–water partition coefficient (Wildman–Crippen LogP) is -1.68. The third kappa shape index (κ3) is 1.84. The van der Waals surface area contributed by atoms with Gasteiger partial charge in [-0.25, -0.2) is 14.4 Å².